The number of pyridine rings is 1. The Labute approximate surface area is 169 Å². The first-order valence-corrected chi connectivity index (χ1v) is 9.89. The Morgan fingerprint density at radius 1 is 1.32 bits per heavy atom. The number of amides is 1. The van der Waals surface area contributed by atoms with Crippen LogP contribution in [0.3, 0.4) is 0 Å². The monoisotopic (exact) mass is 405 g/mol. The Balaban J connectivity index is 1.74. The van der Waals surface area contributed by atoms with E-state index in [1.54, 1.807) is 6.20 Å². The number of hydrogen-bond acceptors (Lipinski definition) is 4. The van der Waals surface area contributed by atoms with Crippen molar-refractivity contribution in [3.63, 3.8) is 0 Å². The van der Waals surface area contributed by atoms with E-state index in [1.807, 2.05) is 19.9 Å². The van der Waals surface area contributed by atoms with E-state index in [-0.39, 0.29) is 17.6 Å². The zero-order valence-corrected chi connectivity index (χ0v) is 16.9. The van der Waals surface area contributed by atoms with Crippen molar-refractivity contribution in [1.82, 2.24) is 10.3 Å². The minimum absolute atomic E-state index is 0.121. The van der Waals surface area contributed by atoms with E-state index >= 15 is 0 Å². The summed E-state index contributed by atoms with van der Waals surface area (Å²) in [4.78, 5) is 17.0. The van der Waals surface area contributed by atoms with Crippen LogP contribution in [0.2, 0.25) is 5.02 Å². The Bertz CT molecular complexity index is 838. The molecule has 150 valence electrons. The number of benzene rings is 1. The molecule has 28 heavy (non-hydrogen) atoms. The Hall–Kier alpha value is -2.18. The number of carbonyl (C=O) groups excluding carboxylic acids is 1. The molecule has 1 aromatic carbocycles. The van der Waals surface area contributed by atoms with Gasteiger partial charge in [-0.05, 0) is 54.5 Å². The van der Waals surface area contributed by atoms with E-state index in [2.05, 4.69) is 15.6 Å². The lowest BCUT2D eigenvalue weighted by Gasteiger charge is -2.22. The minimum atomic E-state index is -0.389. The molecule has 1 aliphatic heterocycles. The maximum absolute atomic E-state index is 13.5. The lowest BCUT2D eigenvalue weighted by Crippen LogP contribution is -2.32. The molecule has 2 aromatic rings. The summed E-state index contributed by atoms with van der Waals surface area (Å²) in [5, 5.41) is 6.45. The minimum Gasteiger partial charge on any atom is -0.381 e. The molecule has 1 aliphatic rings. The number of ether oxygens (including phenoxy) is 1. The van der Waals surface area contributed by atoms with Gasteiger partial charge >= 0.3 is 0 Å². The second-order valence-electron chi connectivity index (χ2n) is 7.33. The fourth-order valence-corrected chi connectivity index (χ4v) is 3.39. The van der Waals surface area contributed by atoms with Crippen LogP contribution >= 0.6 is 11.6 Å². The van der Waals surface area contributed by atoms with Crippen LogP contribution in [0.5, 0.6) is 0 Å². The number of carbonyl (C=O) groups is 1. The van der Waals surface area contributed by atoms with Crippen molar-refractivity contribution in [2.45, 2.75) is 32.6 Å². The van der Waals surface area contributed by atoms with Crippen LogP contribution < -0.4 is 10.6 Å². The standard InChI is InChI=1S/C21H25ClFN3O2/c1-13(2)16-10-20(26-19-9-15(23)3-4-18(19)22)24-12-17(16)21(27)25-11-14-5-7-28-8-6-14/h3-4,9-10,12-14H,5-8,11H2,1-2H3,(H,24,26)(H,25,27). The Morgan fingerprint density at radius 3 is 2.79 bits per heavy atom. The molecule has 3 rings (SSSR count). The third-order valence-electron chi connectivity index (χ3n) is 4.89. The van der Waals surface area contributed by atoms with Crippen LogP contribution in [0.25, 0.3) is 0 Å². The smallest absolute Gasteiger partial charge is 0.253 e. The summed E-state index contributed by atoms with van der Waals surface area (Å²) in [7, 11) is 0. The number of aromatic nitrogens is 1. The van der Waals surface area contributed by atoms with E-state index < -0.39 is 0 Å². The van der Waals surface area contributed by atoms with Gasteiger partial charge in [-0.3, -0.25) is 4.79 Å². The second-order valence-corrected chi connectivity index (χ2v) is 7.73. The van der Waals surface area contributed by atoms with Crippen LogP contribution in [0.4, 0.5) is 15.9 Å². The van der Waals surface area contributed by atoms with Crippen molar-refractivity contribution in [3.05, 3.63) is 52.4 Å². The predicted molar refractivity (Wildman–Crippen MR) is 109 cm³/mol. The van der Waals surface area contributed by atoms with Gasteiger partial charge in [0.25, 0.3) is 5.91 Å². The SMILES string of the molecule is CC(C)c1cc(Nc2cc(F)ccc2Cl)ncc1C(=O)NCC1CCOCC1. The van der Waals surface area contributed by atoms with Gasteiger partial charge in [0.15, 0.2) is 0 Å². The van der Waals surface area contributed by atoms with Gasteiger partial charge in [0, 0.05) is 26.0 Å². The highest BCUT2D eigenvalue weighted by Crippen LogP contribution is 2.28. The highest BCUT2D eigenvalue weighted by atomic mass is 35.5. The number of nitrogens with zero attached hydrogens (tertiary/aromatic N) is 1. The average Bonchev–Trinajstić information content (AvgIpc) is 2.69. The molecule has 0 bridgehead atoms. The topological polar surface area (TPSA) is 63.2 Å². The summed E-state index contributed by atoms with van der Waals surface area (Å²) in [6, 6.07) is 5.91. The number of halogens is 2. The van der Waals surface area contributed by atoms with Crippen LogP contribution in [-0.4, -0.2) is 30.6 Å². The zero-order valence-electron chi connectivity index (χ0n) is 16.1. The first kappa shape index (κ1) is 20.6. The van der Waals surface area contributed by atoms with Crippen LogP contribution in [0.1, 0.15) is 48.5 Å². The van der Waals surface area contributed by atoms with Gasteiger partial charge in [0.05, 0.1) is 16.3 Å². The molecule has 2 heterocycles. The highest BCUT2D eigenvalue weighted by Gasteiger charge is 2.19. The van der Waals surface area contributed by atoms with Gasteiger partial charge in [-0.15, -0.1) is 0 Å². The molecule has 0 spiro atoms. The van der Waals surface area contributed by atoms with E-state index in [0.717, 1.165) is 31.6 Å². The zero-order chi connectivity index (χ0) is 20.1. The Kier molecular flexibility index (Phi) is 6.86. The molecule has 0 atom stereocenters. The van der Waals surface area contributed by atoms with E-state index in [1.165, 1.54) is 18.2 Å². The molecule has 0 radical (unpaired) electrons. The van der Waals surface area contributed by atoms with Gasteiger partial charge in [-0.25, -0.2) is 9.37 Å². The number of rotatable bonds is 6. The van der Waals surface area contributed by atoms with E-state index in [4.69, 9.17) is 16.3 Å². The summed E-state index contributed by atoms with van der Waals surface area (Å²) in [6.07, 6.45) is 3.49. The molecule has 2 N–H and O–H groups in total. The van der Waals surface area contributed by atoms with Crippen molar-refractivity contribution >= 4 is 29.0 Å². The first-order valence-electron chi connectivity index (χ1n) is 9.52. The second kappa shape index (κ2) is 9.34. The number of anilines is 2. The third kappa shape index (κ3) is 5.20. The predicted octanol–water partition coefficient (Wildman–Crippen LogP) is 4.90. The molecule has 0 aliphatic carbocycles. The lowest BCUT2D eigenvalue weighted by molar-refractivity contribution is 0.0642. The van der Waals surface area contributed by atoms with Gasteiger partial charge < -0.3 is 15.4 Å². The fourth-order valence-electron chi connectivity index (χ4n) is 3.22. The summed E-state index contributed by atoms with van der Waals surface area (Å²) in [5.41, 5.74) is 1.85. The summed E-state index contributed by atoms with van der Waals surface area (Å²) in [5.74, 6) is 0.565. The third-order valence-corrected chi connectivity index (χ3v) is 5.22. The quantitative estimate of drug-likeness (QED) is 0.717. The normalized spacial score (nSPS) is 14.9. The molecule has 7 heteroatoms. The Morgan fingerprint density at radius 2 is 2.07 bits per heavy atom. The summed E-state index contributed by atoms with van der Waals surface area (Å²) in [6.45, 7) is 6.18. The van der Waals surface area contributed by atoms with Gasteiger partial charge in [0.1, 0.15) is 11.6 Å². The first-order chi connectivity index (χ1) is 13.4. The molecule has 0 saturated carbocycles. The molecule has 5 nitrogen and oxygen atoms in total. The number of nitrogens with one attached hydrogen (secondary N) is 2. The van der Waals surface area contributed by atoms with Crippen molar-refractivity contribution in [3.8, 4) is 0 Å². The van der Waals surface area contributed by atoms with Crippen LogP contribution in [-0.2, 0) is 4.74 Å². The molecule has 1 saturated heterocycles. The van der Waals surface area contributed by atoms with E-state index in [9.17, 15) is 9.18 Å². The van der Waals surface area contributed by atoms with Crippen molar-refractivity contribution in [1.29, 1.82) is 0 Å². The van der Waals surface area contributed by atoms with Crippen molar-refractivity contribution in [2.75, 3.05) is 25.1 Å². The fraction of sp³-hybridized carbons (Fsp3) is 0.429. The molecular weight excluding hydrogens is 381 g/mol. The van der Waals surface area contributed by atoms with Crippen molar-refractivity contribution in [2.24, 2.45) is 5.92 Å². The molecule has 1 aromatic heterocycles. The maximum atomic E-state index is 13.5. The van der Waals surface area contributed by atoms with Crippen LogP contribution in [0.15, 0.2) is 30.5 Å². The van der Waals surface area contributed by atoms with Gasteiger partial charge in [0.2, 0.25) is 0 Å². The molecule has 0 unspecified atom stereocenters. The molecule has 1 amide bonds. The highest BCUT2D eigenvalue weighted by molar-refractivity contribution is 6.33. The molecular formula is C21H25ClFN3O2. The summed E-state index contributed by atoms with van der Waals surface area (Å²) >= 11 is 6.12. The van der Waals surface area contributed by atoms with Gasteiger partial charge in [-0.2, -0.15) is 0 Å². The average molecular weight is 406 g/mol. The summed E-state index contributed by atoms with van der Waals surface area (Å²) < 4.78 is 18.8. The maximum Gasteiger partial charge on any atom is 0.253 e. The molecule has 1 fully saturated rings. The van der Waals surface area contributed by atoms with Crippen molar-refractivity contribution < 1.29 is 13.9 Å². The number of hydrogen-bond donors (Lipinski definition) is 2. The largest absolute Gasteiger partial charge is 0.381 e. The lowest BCUT2D eigenvalue weighted by atomic mass is 9.97. The van der Waals surface area contributed by atoms with E-state index in [0.29, 0.717) is 34.6 Å². The van der Waals surface area contributed by atoms with Gasteiger partial charge in [-0.1, -0.05) is 25.4 Å². The van der Waals surface area contributed by atoms with Crippen LogP contribution in [0, 0.1) is 11.7 Å².